The highest BCUT2D eigenvalue weighted by molar-refractivity contribution is 6.02. The molecule has 0 unspecified atom stereocenters. The fourth-order valence-corrected chi connectivity index (χ4v) is 1.16. The van der Waals surface area contributed by atoms with Crippen molar-refractivity contribution in [1.29, 1.82) is 0 Å². The van der Waals surface area contributed by atoms with Gasteiger partial charge in [0, 0.05) is 11.3 Å². The van der Waals surface area contributed by atoms with Crippen LogP contribution in [0.15, 0.2) is 24.3 Å². The second kappa shape index (κ2) is 5.06. The number of ketones is 1. The van der Waals surface area contributed by atoms with E-state index in [-0.39, 0.29) is 5.78 Å². The Hall–Kier alpha value is -2.17. The third-order valence-corrected chi connectivity index (χ3v) is 1.86. The zero-order valence-corrected chi connectivity index (χ0v) is 8.69. The molecule has 1 aromatic carbocycles. The first-order valence-electron chi connectivity index (χ1n) is 4.61. The second-order valence-corrected chi connectivity index (χ2v) is 3.26. The van der Waals surface area contributed by atoms with Crippen LogP contribution in [0.5, 0.6) is 0 Å². The normalized spacial score (nSPS) is 9.56. The molecule has 0 saturated heterocycles. The van der Waals surface area contributed by atoms with Gasteiger partial charge < -0.3 is 10.4 Å². The fourth-order valence-electron chi connectivity index (χ4n) is 1.16. The molecule has 0 aliphatic heterocycles. The summed E-state index contributed by atoms with van der Waals surface area (Å²) in [7, 11) is 0. The van der Waals surface area contributed by atoms with Crippen LogP contribution < -0.4 is 5.32 Å². The van der Waals surface area contributed by atoms with E-state index in [9.17, 15) is 14.4 Å². The molecule has 0 spiro atoms. The first-order chi connectivity index (χ1) is 7.49. The number of rotatable bonds is 4. The van der Waals surface area contributed by atoms with Crippen LogP contribution in [0.4, 0.5) is 5.69 Å². The summed E-state index contributed by atoms with van der Waals surface area (Å²) in [5.41, 5.74) is 0.882. The van der Waals surface area contributed by atoms with Crippen LogP contribution in [0.1, 0.15) is 23.7 Å². The van der Waals surface area contributed by atoms with Gasteiger partial charge in [0.25, 0.3) is 0 Å². The Morgan fingerprint density at radius 1 is 1.31 bits per heavy atom. The minimum atomic E-state index is -1.19. The topological polar surface area (TPSA) is 83.5 Å². The maximum Gasteiger partial charge on any atom is 0.312 e. The number of amides is 1. The van der Waals surface area contributed by atoms with Crippen molar-refractivity contribution < 1.29 is 19.5 Å². The molecule has 16 heavy (non-hydrogen) atoms. The molecule has 84 valence electrons. The van der Waals surface area contributed by atoms with E-state index in [0.717, 1.165) is 0 Å². The second-order valence-electron chi connectivity index (χ2n) is 3.26. The Morgan fingerprint density at radius 3 is 2.56 bits per heavy atom. The first kappa shape index (κ1) is 11.9. The highest BCUT2D eigenvalue weighted by Gasteiger charge is 2.08. The lowest BCUT2D eigenvalue weighted by atomic mass is 10.1. The van der Waals surface area contributed by atoms with Crippen molar-refractivity contribution in [2.24, 2.45) is 0 Å². The summed E-state index contributed by atoms with van der Waals surface area (Å²) in [5, 5.41) is 10.8. The number of aliphatic carboxylic acids is 1. The van der Waals surface area contributed by atoms with Crippen molar-refractivity contribution in [3.63, 3.8) is 0 Å². The standard InChI is InChI=1S/C11H11NO4/c1-7(13)8-3-2-4-9(5-8)12-10(14)6-11(15)16/h2-5H,6H2,1H3,(H,12,14)(H,15,16). The summed E-state index contributed by atoms with van der Waals surface area (Å²) < 4.78 is 0. The molecule has 1 rings (SSSR count). The number of carbonyl (C=O) groups excluding carboxylic acids is 2. The van der Waals surface area contributed by atoms with Crippen LogP contribution in [0.2, 0.25) is 0 Å². The van der Waals surface area contributed by atoms with Gasteiger partial charge in [0.2, 0.25) is 5.91 Å². The number of carboxylic acid groups (broad SMARTS) is 1. The molecule has 0 heterocycles. The van der Waals surface area contributed by atoms with Crippen LogP contribution in [-0.4, -0.2) is 22.8 Å². The molecule has 0 aromatic heterocycles. The van der Waals surface area contributed by atoms with E-state index < -0.39 is 18.3 Å². The van der Waals surface area contributed by atoms with Crippen molar-refractivity contribution >= 4 is 23.3 Å². The maximum atomic E-state index is 11.1. The molecule has 0 radical (unpaired) electrons. The number of benzene rings is 1. The van der Waals surface area contributed by atoms with E-state index in [2.05, 4.69) is 5.32 Å². The summed E-state index contributed by atoms with van der Waals surface area (Å²) in [6.07, 6.45) is -0.593. The van der Waals surface area contributed by atoms with Gasteiger partial charge in [0.05, 0.1) is 0 Å². The summed E-state index contributed by atoms with van der Waals surface area (Å²) >= 11 is 0. The molecule has 0 aliphatic rings. The van der Waals surface area contributed by atoms with Crippen LogP contribution in [-0.2, 0) is 9.59 Å². The van der Waals surface area contributed by atoms with Crippen LogP contribution in [0.25, 0.3) is 0 Å². The van der Waals surface area contributed by atoms with Crippen molar-refractivity contribution in [3.05, 3.63) is 29.8 Å². The lowest BCUT2D eigenvalue weighted by Gasteiger charge is -2.04. The highest BCUT2D eigenvalue weighted by atomic mass is 16.4. The molecule has 0 atom stereocenters. The SMILES string of the molecule is CC(=O)c1cccc(NC(=O)CC(=O)O)c1. The van der Waals surface area contributed by atoms with E-state index in [4.69, 9.17) is 5.11 Å². The summed E-state index contributed by atoms with van der Waals surface area (Å²) in [4.78, 5) is 32.4. The zero-order chi connectivity index (χ0) is 12.1. The van der Waals surface area contributed by atoms with Crippen LogP contribution in [0.3, 0.4) is 0 Å². The number of nitrogens with one attached hydrogen (secondary N) is 1. The summed E-state index contributed by atoms with van der Waals surface area (Å²) in [6, 6.07) is 6.33. The lowest BCUT2D eigenvalue weighted by Crippen LogP contribution is -2.16. The molecule has 0 aliphatic carbocycles. The van der Waals surface area contributed by atoms with Gasteiger partial charge in [-0.1, -0.05) is 12.1 Å². The average Bonchev–Trinajstić information content (AvgIpc) is 2.16. The Labute approximate surface area is 92.1 Å². The Bertz CT molecular complexity index is 439. The molecular weight excluding hydrogens is 210 g/mol. The predicted molar refractivity (Wildman–Crippen MR) is 57.3 cm³/mol. The largest absolute Gasteiger partial charge is 0.481 e. The van der Waals surface area contributed by atoms with E-state index in [0.29, 0.717) is 11.3 Å². The van der Waals surface area contributed by atoms with Crippen molar-refractivity contribution in [3.8, 4) is 0 Å². The van der Waals surface area contributed by atoms with Crippen molar-refractivity contribution in [2.45, 2.75) is 13.3 Å². The molecule has 2 N–H and O–H groups in total. The van der Waals surface area contributed by atoms with Gasteiger partial charge >= 0.3 is 5.97 Å². The third-order valence-electron chi connectivity index (χ3n) is 1.86. The zero-order valence-electron chi connectivity index (χ0n) is 8.69. The quantitative estimate of drug-likeness (QED) is 0.593. The monoisotopic (exact) mass is 221 g/mol. The Morgan fingerprint density at radius 2 is 2.00 bits per heavy atom. The molecule has 0 fully saturated rings. The number of carboxylic acids is 1. The number of anilines is 1. The van der Waals surface area contributed by atoms with Crippen LogP contribution >= 0.6 is 0 Å². The Kier molecular flexibility index (Phi) is 3.77. The molecular formula is C11H11NO4. The van der Waals surface area contributed by atoms with E-state index in [1.54, 1.807) is 18.2 Å². The minimum absolute atomic E-state index is 0.116. The van der Waals surface area contributed by atoms with Crippen LogP contribution in [0, 0.1) is 0 Å². The molecule has 5 nitrogen and oxygen atoms in total. The smallest absolute Gasteiger partial charge is 0.312 e. The molecule has 1 amide bonds. The van der Waals surface area contributed by atoms with E-state index in [1.807, 2.05) is 0 Å². The number of Topliss-reactive ketones (excluding diaryl/α,β-unsaturated/α-hetero) is 1. The lowest BCUT2D eigenvalue weighted by molar-refractivity contribution is -0.139. The Balaban J connectivity index is 2.74. The van der Waals surface area contributed by atoms with Gasteiger partial charge in [-0.3, -0.25) is 14.4 Å². The number of hydrogen-bond donors (Lipinski definition) is 2. The maximum absolute atomic E-state index is 11.1. The average molecular weight is 221 g/mol. The van der Waals surface area contributed by atoms with Gasteiger partial charge in [-0.25, -0.2) is 0 Å². The predicted octanol–water partition coefficient (Wildman–Crippen LogP) is 1.30. The first-order valence-corrected chi connectivity index (χ1v) is 4.61. The minimum Gasteiger partial charge on any atom is -0.481 e. The van der Waals surface area contributed by atoms with E-state index >= 15 is 0 Å². The van der Waals surface area contributed by atoms with Gasteiger partial charge in [-0.2, -0.15) is 0 Å². The number of carbonyl (C=O) groups is 3. The summed E-state index contributed by atoms with van der Waals surface area (Å²) in [5.74, 6) is -1.93. The summed E-state index contributed by atoms with van der Waals surface area (Å²) in [6.45, 7) is 1.41. The van der Waals surface area contributed by atoms with Gasteiger partial charge in [-0.15, -0.1) is 0 Å². The fraction of sp³-hybridized carbons (Fsp3) is 0.182. The highest BCUT2D eigenvalue weighted by Crippen LogP contribution is 2.11. The molecule has 0 bridgehead atoms. The van der Waals surface area contributed by atoms with Gasteiger partial charge in [-0.05, 0) is 19.1 Å². The van der Waals surface area contributed by atoms with Gasteiger partial charge in [0.15, 0.2) is 5.78 Å². The number of hydrogen-bond acceptors (Lipinski definition) is 3. The van der Waals surface area contributed by atoms with Gasteiger partial charge in [0.1, 0.15) is 6.42 Å². The molecule has 0 saturated carbocycles. The van der Waals surface area contributed by atoms with E-state index in [1.165, 1.54) is 13.0 Å². The molecule has 1 aromatic rings. The molecule has 5 heteroatoms. The third kappa shape index (κ3) is 3.53. The van der Waals surface area contributed by atoms with Crippen molar-refractivity contribution in [2.75, 3.05) is 5.32 Å². The van der Waals surface area contributed by atoms with Crippen molar-refractivity contribution in [1.82, 2.24) is 0 Å².